The van der Waals surface area contributed by atoms with Crippen LogP contribution in [0.5, 0.6) is 0 Å². The molecule has 3 heterocycles. The van der Waals surface area contributed by atoms with Gasteiger partial charge in [0.05, 0.1) is 17.9 Å². The van der Waals surface area contributed by atoms with Crippen molar-refractivity contribution in [3.8, 4) is 11.3 Å². The number of imidazole rings is 1. The lowest BCUT2D eigenvalue weighted by Crippen LogP contribution is -2.10. The van der Waals surface area contributed by atoms with Crippen molar-refractivity contribution in [2.75, 3.05) is 0 Å². The fourth-order valence-corrected chi connectivity index (χ4v) is 3.93. The molecule has 0 saturated heterocycles. The highest BCUT2D eigenvalue weighted by Gasteiger charge is 2.18. The highest BCUT2D eigenvalue weighted by molar-refractivity contribution is 7.17. The van der Waals surface area contributed by atoms with E-state index in [1.807, 2.05) is 46.4 Å². The van der Waals surface area contributed by atoms with E-state index in [9.17, 15) is 0 Å². The summed E-state index contributed by atoms with van der Waals surface area (Å²) in [6, 6.07) is 14.0. The third kappa shape index (κ3) is 2.17. The average Bonchev–Trinajstić information content (AvgIpc) is 3.23. The van der Waals surface area contributed by atoms with E-state index in [2.05, 4.69) is 22.2 Å². The third-order valence-electron chi connectivity index (χ3n) is 3.29. The van der Waals surface area contributed by atoms with Gasteiger partial charge in [0.25, 0.3) is 0 Å². The third-order valence-corrected chi connectivity index (χ3v) is 5.25. The number of fused-ring (bicyclic) bond motifs is 1. The largest absolute Gasteiger partial charge is 0.318 e. The first kappa shape index (κ1) is 12.7. The molecule has 1 aromatic carbocycles. The number of benzene rings is 1. The molecule has 3 aromatic heterocycles. The molecular weight excluding hydrogens is 300 g/mol. The van der Waals surface area contributed by atoms with Crippen LogP contribution < -0.4 is 5.73 Å². The minimum Gasteiger partial charge on any atom is -0.318 e. The van der Waals surface area contributed by atoms with Gasteiger partial charge >= 0.3 is 0 Å². The number of hydrogen-bond donors (Lipinski definition) is 1. The van der Waals surface area contributed by atoms with Gasteiger partial charge < -0.3 is 5.73 Å². The fraction of sp³-hybridized carbons (Fsp3) is 0.0667. The Balaban J connectivity index is 1.80. The zero-order valence-electron chi connectivity index (χ0n) is 11.0. The van der Waals surface area contributed by atoms with Crippen molar-refractivity contribution in [2.45, 2.75) is 6.04 Å². The summed E-state index contributed by atoms with van der Waals surface area (Å²) in [6.07, 6.45) is 1.86. The summed E-state index contributed by atoms with van der Waals surface area (Å²) in [4.78, 5) is 6.44. The monoisotopic (exact) mass is 312 g/mol. The molecule has 0 radical (unpaired) electrons. The maximum Gasteiger partial charge on any atom is 0.212 e. The van der Waals surface area contributed by atoms with Crippen LogP contribution in [0.4, 0.5) is 0 Å². The standard InChI is InChI=1S/C15H12N4S2/c16-13(12-7-4-8-20-12)14-18-19-11(9-17-15(19)21-14)10-5-2-1-3-6-10/h1-9,13H,16H2. The summed E-state index contributed by atoms with van der Waals surface area (Å²) in [6.45, 7) is 0. The van der Waals surface area contributed by atoms with Crippen LogP contribution in [0, 0.1) is 0 Å². The SMILES string of the molecule is NC(c1cccs1)c1nn2c(-c3ccccc3)cnc2s1. The predicted octanol–water partition coefficient (Wildman–Crippen LogP) is 3.57. The van der Waals surface area contributed by atoms with Gasteiger partial charge in [0, 0.05) is 10.4 Å². The Morgan fingerprint density at radius 3 is 2.71 bits per heavy atom. The second kappa shape index (κ2) is 5.07. The number of rotatable bonds is 3. The molecule has 4 aromatic rings. The molecule has 21 heavy (non-hydrogen) atoms. The van der Waals surface area contributed by atoms with Crippen LogP contribution in [0.25, 0.3) is 16.2 Å². The molecule has 1 atom stereocenters. The average molecular weight is 312 g/mol. The van der Waals surface area contributed by atoms with Crippen molar-refractivity contribution in [2.24, 2.45) is 5.73 Å². The quantitative estimate of drug-likeness (QED) is 0.629. The Morgan fingerprint density at radius 2 is 1.95 bits per heavy atom. The van der Waals surface area contributed by atoms with Crippen LogP contribution in [0.15, 0.2) is 54.0 Å². The number of thiophene rings is 1. The first-order chi connectivity index (χ1) is 10.3. The molecule has 0 aliphatic carbocycles. The Morgan fingerprint density at radius 1 is 1.10 bits per heavy atom. The van der Waals surface area contributed by atoms with Crippen LogP contribution >= 0.6 is 22.7 Å². The Hall–Kier alpha value is -2.02. The number of aromatic nitrogens is 3. The van der Waals surface area contributed by atoms with Crippen molar-refractivity contribution >= 4 is 27.6 Å². The van der Waals surface area contributed by atoms with Crippen molar-refractivity contribution in [3.05, 3.63) is 63.9 Å². The van der Waals surface area contributed by atoms with Crippen molar-refractivity contribution in [1.29, 1.82) is 0 Å². The number of hydrogen-bond acceptors (Lipinski definition) is 5. The normalized spacial score (nSPS) is 12.8. The van der Waals surface area contributed by atoms with Gasteiger partial charge in [-0.25, -0.2) is 9.50 Å². The van der Waals surface area contributed by atoms with E-state index in [0.29, 0.717) is 0 Å². The van der Waals surface area contributed by atoms with Crippen LogP contribution in [-0.4, -0.2) is 14.6 Å². The summed E-state index contributed by atoms with van der Waals surface area (Å²) in [5.74, 6) is 0. The molecule has 6 heteroatoms. The van der Waals surface area contributed by atoms with E-state index < -0.39 is 0 Å². The first-order valence-corrected chi connectivity index (χ1v) is 8.21. The molecule has 0 fully saturated rings. The molecular formula is C15H12N4S2. The van der Waals surface area contributed by atoms with E-state index in [-0.39, 0.29) is 6.04 Å². The van der Waals surface area contributed by atoms with Gasteiger partial charge in [-0.2, -0.15) is 5.10 Å². The minimum absolute atomic E-state index is 0.180. The van der Waals surface area contributed by atoms with E-state index in [1.165, 1.54) is 0 Å². The van der Waals surface area contributed by atoms with Crippen LogP contribution in [0.1, 0.15) is 15.9 Å². The van der Waals surface area contributed by atoms with E-state index in [0.717, 1.165) is 26.1 Å². The molecule has 0 bridgehead atoms. The molecule has 0 spiro atoms. The maximum absolute atomic E-state index is 6.29. The van der Waals surface area contributed by atoms with Gasteiger partial charge in [0.1, 0.15) is 5.01 Å². The Labute approximate surface area is 129 Å². The molecule has 104 valence electrons. The highest BCUT2D eigenvalue weighted by atomic mass is 32.1. The Bertz CT molecular complexity index is 862. The maximum atomic E-state index is 6.29. The van der Waals surface area contributed by atoms with Crippen molar-refractivity contribution in [1.82, 2.24) is 14.6 Å². The number of nitrogens with two attached hydrogens (primary N) is 1. The molecule has 0 saturated carbocycles. The van der Waals surface area contributed by atoms with Gasteiger partial charge in [-0.15, -0.1) is 11.3 Å². The van der Waals surface area contributed by atoms with Crippen LogP contribution in [0.3, 0.4) is 0 Å². The van der Waals surface area contributed by atoms with Crippen LogP contribution in [0.2, 0.25) is 0 Å². The lowest BCUT2D eigenvalue weighted by atomic mass is 10.2. The second-order valence-corrected chi connectivity index (χ2v) is 6.60. The molecule has 0 aliphatic heterocycles. The molecule has 0 amide bonds. The second-order valence-electron chi connectivity index (χ2n) is 4.64. The summed E-state index contributed by atoms with van der Waals surface area (Å²) < 4.78 is 1.88. The first-order valence-electron chi connectivity index (χ1n) is 6.52. The Kier molecular flexibility index (Phi) is 3.07. The van der Waals surface area contributed by atoms with Gasteiger partial charge in [-0.3, -0.25) is 0 Å². The summed E-state index contributed by atoms with van der Waals surface area (Å²) in [5, 5.41) is 7.58. The summed E-state index contributed by atoms with van der Waals surface area (Å²) in [7, 11) is 0. The van der Waals surface area contributed by atoms with Crippen molar-refractivity contribution in [3.63, 3.8) is 0 Å². The van der Waals surface area contributed by atoms with Gasteiger partial charge in [0.15, 0.2) is 0 Å². The lowest BCUT2D eigenvalue weighted by Gasteiger charge is -2.04. The zero-order chi connectivity index (χ0) is 14.2. The van der Waals surface area contributed by atoms with Gasteiger partial charge in [-0.1, -0.05) is 47.7 Å². The highest BCUT2D eigenvalue weighted by Crippen LogP contribution is 2.29. The molecule has 2 N–H and O–H groups in total. The van der Waals surface area contributed by atoms with Gasteiger partial charge in [0.2, 0.25) is 4.96 Å². The fourth-order valence-electron chi connectivity index (χ4n) is 2.23. The van der Waals surface area contributed by atoms with E-state index >= 15 is 0 Å². The summed E-state index contributed by atoms with van der Waals surface area (Å²) in [5.41, 5.74) is 8.39. The zero-order valence-corrected chi connectivity index (χ0v) is 12.6. The molecule has 4 rings (SSSR count). The topological polar surface area (TPSA) is 56.2 Å². The molecule has 0 aliphatic rings. The van der Waals surface area contributed by atoms with Crippen LogP contribution in [-0.2, 0) is 0 Å². The minimum atomic E-state index is -0.180. The molecule has 1 unspecified atom stereocenters. The van der Waals surface area contributed by atoms with E-state index in [4.69, 9.17) is 5.73 Å². The smallest absolute Gasteiger partial charge is 0.212 e. The summed E-state index contributed by atoms with van der Waals surface area (Å²) >= 11 is 3.19. The molecule has 4 nitrogen and oxygen atoms in total. The predicted molar refractivity (Wildman–Crippen MR) is 86.6 cm³/mol. The number of nitrogens with zero attached hydrogens (tertiary/aromatic N) is 3. The van der Waals surface area contributed by atoms with E-state index in [1.54, 1.807) is 22.7 Å². The van der Waals surface area contributed by atoms with Gasteiger partial charge in [-0.05, 0) is 11.4 Å². The van der Waals surface area contributed by atoms with Crippen molar-refractivity contribution < 1.29 is 0 Å². The lowest BCUT2D eigenvalue weighted by molar-refractivity contribution is 0.822.